The summed E-state index contributed by atoms with van der Waals surface area (Å²) in [6.45, 7) is 7.20. The number of hydrogen-bond donors (Lipinski definition) is 1. The van der Waals surface area contributed by atoms with Gasteiger partial charge in [-0.2, -0.15) is 0 Å². The molecule has 1 fully saturated rings. The maximum absolute atomic E-state index is 12.1. The quantitative estimate of drug-likeness (QED) is 0.636. The molecule has 1 atom stereocenters. The molecule has 0 aliphatic heterocycles. The number of carbonyl (C=O) groups excluding carboxylic acids is 3. The Labute approximate surface area is 157 Å². The highest BCUT2D eigenvalue weighted by Gasteiger charge is 2.69. The van der Waals surface area contributed by atoms with Gasteiger partial charge in [0.15, 0.2) is 6.61 Å². The van der Waals surface area contributed by atoms with Crippen LogP contribution in [0, 0.1) is 5.41 Å². The van der Waals surface area contributed by atoms with Crippen LogP contribution in [-0.2, 0) is 19.7 Å². The van der Waals surface area contributed by atoms with Gasteiger partial charge in [-0.05, 0) is 30.0 Å². The lowest BCUT2D eigenvalue weighted by Gasteiger charge is -2.19. The Morgan fingerprint density at radius 2 is 1.68 bits per heavy atom. The predicted octanol–water partition coefficient (Wildman–Crippen LogP) is 3.37. The Balaban J connectivity index is 1.86. The zero-order chi connectivity index (χ0) is 19.0. The molecule has 25 heavy (non-hydrogen) atoms. The summed E-state index contributed by atoms with van der Waals surface area (Å²) in [6, 6.07) is 6.98. The Bertz CT molecular complexity index is 707. The highest BCUT2D eigenvalue weighted by atomic mass is 35.5. The van der Waals surface area contributed by atoms with Gasteiger partial charge < -0.3 is 4.74 Å². The second kappa shape index (κ2) is 6.61. The monoisotopic (exact) mass is 385 g/mol. The molecule has 0 saturated heterocycles. The number of halogens is 2. The Morgan fingerprint density at radius 3 is 2.12 bits per heavy atom. The lowest BCUT2D eigenvalue weighted by Crippen LogP contribution is -2.35. The molecule has 136 valence electrons. The van der Waals surface area contributed by atoms with E-state index in [0.717, 1.165) is 5.56 Å². The molecule has 1 aromatic rings. The molecule has 2 amide bonds. The fourth-order valence-corrected chi connectivity index (χ4v) is 2.96. The molecular formula is C18H21Cl2NO4. The van der Waals surface area contributed by atoms with Gasteiger partial charge in [-0.15, -0.1) is 23.2 Å². The first-order valence-electron chi connectivity index (χ1n) is 7.87. The summed E-state index contributed by atoms with van der Waals surface area (Å²) in [6.07, 6.45) is 0.266. The van der Waals surface area contributed by atoms with E-state index in [9.17, 15) is 14.4 Å². The zero-order valence-corrected chi connectivity index (χ0v) is 16.1. The lowest BCUT2D eigenvalue weighted by atomic mass is 9.87. The van der Waals surface area contributed by atoms with Crippen molar-refractivity contribution in [2.75, 3.05) is 6.61 Å². The molecule has 0 aromatic heterocycles. The van der Waals surface area contributed by atoms with Gasteiger partial charge in [0.2, 0.25) is 0 Å². The van der Waals surface area contributed by atoms with Gasteiger partial charge in [-0.3, -0.25) is 19.7 Å². The smallest absolute Gasteiger partial charge is 0.315 e. The summed E-state index contributed by atoms with van der Waals surface area (Å²) in [5.41, 5.74) is 0.385. The summed E-state index contributed by atoms with van der Waals surface area (Å²) >= 11 is 11.8. The number of rotatable bonds is 4. The van der Waals surface area contributed by atoms with Gasteiger partial charge in [0.25, 0.3) is 11.8 Å². The normalized spacial score (nSPS) is 21.4. The number of carbonyl (C=O) groups is 3. The van der Waals surface area contributed by atoms with Crippen molar-refractivity contribution < 1.29 is 19.1 Å². The van der Waals surface area contributed by atoms with Crippen LogP contribution in [-0.4, -0.2) is 28.7 Å². The zero-order valence-electron chi connectivity index (χ0n) is 14.6. The SMILES string of the molecule is CC(C)(C)c1ccc(C(=O)NC(=O)COC(=O)[C@]2(C)CC2(Cl)Cl)cc1. The van der Waals surface area contributed by atoms with Gasteiger partial charge >= 0.3 is 5.97 Å². The maximum atomic E-state index is 12.1. The van der Waals surface area contributed by atoms with Crippen molar-refractivity contribution in [3.8, 4) is 0 Å². The van der Waals surface area contributed by atoms with Crippen molar-refractivity contribution in [1.82, 2.24) is 5.32 Å². The van der Waals surface area contributed by atoms with Gasteiger partial charge in [-0.25, -0.2) is 0 Å². The van der Waals surface area contributed by atoms with Gasteiger partial charge in [-0.1, -0.05) is 32.9 Å². The summed E-state index contributed by atoms with van der Waals surface area (Å²) in [5, 5.41) is 2.18. The van der Waals surface area contributed by atoms with E-state index < -0.39 is 34.1 Å². The fraction of sp³-hybridized carbons (Fsp3) is 0.500. The molecule has 2 rings (SSSR count). The molecule has 0 unspecified atom stereocenters. The van der Waals surface area contributed by atoms with Gasteiger partial charge in [0.05, 0.1) is 0 Å². The van der Waals surface area contributed by atoms with E-state index in [1.165, 1.54) is 0 Å². The average molecular weight is 386 g/mol. The first-order chi connectivity index (χ1) is 11.4. The number of nitrogens with one attached hydrogen (secondary N) is 1. The third kappa shape index (κ3) is 4.33. The minimum atomic E-state index is -1.16. The van der Waals surface area contributed by atoms with Crippen LogP contribution in [0.5, 0.6) is 0 Å². The number of alkyl halides is 2. The van der Waals surface area contributed by atoms with Crippen molar-refractivity contribution in [3.05, 3.63) is 35.4 Å². The molecule has 1 aromatic carbocycles. The van der Waals surface area contributed by atoms with Crippen LogP contribution < -0.4 is 5.32 Å². The standard InChI is InChI=1S/C18H21Cl2NO4/c1-16(2,3)12-7-5-11(6-8-12)14(23)21-13(22)9-25-15(24)17(4)10-18(17,19)20/h5-8H,9-10H2,1-4H3,(H,21,22,23)/t17-/m0/s1. The molecule has 1 aliphatic carbocycles. The molecule has 1 aliphatic rings. The molecule has 0 spiro atoms. The van der Waals surface area contributed by atoms with E-state index in [1.807, 2.05) is 12.1 Å². The van der Waals surface area contributed by atoms with Crippen LogP contribution in [0.3, 0.4) is 0 Å². The topological polar surface area (TPSA) is 72.5 Å². The molecular weight excluding hydrogens is 365 g/mol. The molecule has 7 heteroatoms. The molecule has 1 N–H and O–H groups in total. The van der Waals surface area contributed by atoms with E-state index in [1.54, 1.807) is 19.1 Å². The molecule has 0 bridgehead atoms. The third-order valence-electron chi connectivity index (χ3n) is 4.31. The predicted molar refractivity (Wildman–Crippen MR) is 95.7 cm³/mol. The van der Waals surface area contributed by atoms with E-state index in [4.69, 9.17) is 27.9 Å². The highest BCUT2D eigenvalue weighted by molar-refractivity contribution is 6.53. The van der Waals surface area contributed by atoms with Crippen molar-refractivity contribution in [1.29, 1.82) is 0 Å². The highest BCUT2D eigenvalue weighted by Crippen LogP contribution is 2.64. The van der Waals surface area contributed by atoms with E-state index >= 15 is 0 Å². The van der Waals surface area contributed by atoms with Crippen molar-refractivity contribution in [2.45, 2.75) is 43.9 Å². The largest absolute Gasteiger partial charge is 0.455 e. The second-order valence-corrected chi connectivity index (χ2v) is 8.98. The van der Waals surface area contributed by atoms with Gasteiger partial charge in [0.1, 0.15) is 9.75 Å². The van der Waals surface area contributed by atoms with Crippen LogP contribution in [0.15, 0.2) is 24.3 Å². The third-order valence-corrected chi connectivity index (χ3v) is 5.41. The number of ether oxygens (including phenoxy) is 1. The maximum Gasteiger partial charge on any atom is 0.315 e. The summed E-state index contributed by atoms with van der Waals surface area (Å²) in [5.74, 6) is -1.92. The second-order valence-electron chi connectivity index (χ2n) is 7.49. The Kier molecular flexibility index (Phi) is 5.22. The molecule has 1 saturated carbocycles. The van der Waals surface area contributed by atoms with Gasteiger partial charge in [0, 0.05) is 12.0 Å². The van der Waals surface area contributed by atoms with E-state index in [-0.39, 0.29) is 11.8 Å². The van der Waals surface area contributed by atoms with Crippen molar-refractivity contribution in [3.63, 3.8) is 0 Å². The van der Waals surface area contributed by atoms with Crippen LogP contribution in [0.4, 0.5) is 0 Å². The van der Waals surface area contributed by atoms with E-state index in [2.05, 4.69) is 26.1 Å². The lowest BCUT2D eigenvalue weighted by molar-refractivity contribution is -0.153. The number of hydrogen-bond acceptors (Lipinski definition) is 4. The Morgan fingerprint density at radius 1 is 1.16 bits per heavy atom. The minimum Gasteiger partial charge on any atom is -0.455 e. The molecule has 0 heterocycles. The number of amides is 2. The number of benzene rings is 1. The molecule has 5 nitrogen and oxygen atoms in total. The first-order valence-corrected chi connectivity index (χ1v) is 8.62. The van der Waals surface area contributed by atoms with Crippen molar-refractivity contribution >= 4 is 41.0 Å². The average Bonchev–Trinajstić information content (AvgIpc) is 3.03. The minimum absolute atomic E-state index is 0.0298. The summed E-state index contributed by atoms with van der Waals surface area (Å²) < 4.78 is 3.73. The van der Waals surface area contributed by atoms with Crippen LogP contribution in [0.25, 0.3) is 0 Å². The number of imide groups is 1. The van der Waals surface area contributed by atoms with Crippen LogP contribution in [0.2, 0.25) is 0 Å². The fourth-order valence-electron chi connectivity index (χ4n) is 2.27. The van der Waals surface area contributed by atoms with E-state index in [0.29, 0.717) is 5.56 Å². The van der Waals surface area contributed by atoms with Crippen LogP contribution in [0.1, 0.15) is 50.0 Å². The summed E-state index contributed by atoms with van der Waals surface area (Å²) in [4.78, 5) is 35.7. The molecule has 0 radical (unpaired) electrons. The summed E-state index contributed by atoms with van der Waals surface area (Å²) in [7, 11) is 0. The van der Waals surface area contributed by atoms with Crippen molar-refractivity contribution in [2.24, 2.45) is 5.41 Å². The Hall–Kier alpha value is -1.59. The number of esters is 1. The van der Waals surface area contributed by atoms with Crippen LogP contribution >= 0.6 is 23.2 Å². The first kappa shape index (κ1) is 19.7.